The van der Waals surface area contributed by atoms with Gasteiger partial charge in [-0.15, -0.1) is 0 Å². The van der Waals surface area contributed by atoms with E-state index in [1.807, 2.05) is 0 Å². The Hall–Kier alpha value is -0.200. The molecule has 0 bridgehead atoms. The van der Waals surface area contributed by atoms with Crippen LogP contribution in [0, 0.1) is 23.7 Å². The molecule has 4 atom stereocenters. The molecule has 4 unspecified atom stereocenters. The first-order chi connectivity index (χ1) is 16.5. The Morgan fingerprint density at radius 1 is 0.543 bits per heavy atom. The number of likely N-dealkylation sites (N-methyl/N-ethyl adjacent to an activating group) is 1. The van der Waals surface area contributed by atoms with E-state index in [0.29, 0.717) is 32.3 Å². The zero-order valence-electron chi connectivity index (χ0n) is 25.0. The summed E-state index contributed by atoms with van der Waals surface area (Å²) in [7, 11) is 6.45. The minimum atomic E-state index is -0.560. The van der Waals surface area contributed by atoms with Crippen LogP contribution in [0.5, 0.6) is 0 Å². The summed E-state index contributed by atoms with van der Waals surface area (Å²) in [5.41, 5.74) is 0. The third-order valence-electron chi connectivity index (χ3n) is 6.92. The normalized spacial score (nSPS) is 15.9. The maximum atomic E-state index is 10.0. The first kappa shape index (κ1) is 34.8. The molecular formula is C30H64NO4+. The number of aliphatic hydroxyl groups is 1. The molecule has 0 aromatic heterocycles. The van der Waals surface area contributed by atoms with Gasteiger partial charge in [0.2, 0.25) is 0 Å². The summed E-state index contributed by atoms with van der Waals surface area (Å²) in [6, 6.07) is 0. The Balaban J connectivity index is 3.53. The van der Waals surface area contributed by atoms with E-state index in [-0.39, 0.29) is 0 Å². The number of quaternary nitrogens is 1. The standard InChI is InChI=1S/C30H64NO4/c1-26(2)12-9-13-27(3)14-10-15-28(4)16-11-17-29(5)18-20-34-24-30(32)25-35-23-22-33-21-19-31(6,7)8/h26-30,32H,9-25H2,1-8H3/q+1. The molecule has 0 spiro atoms. The van der Waals surface area contributed by atoms with Crippen molar-refractivity contribution in [1.29, 1.82) is 0 Å². The van der Waals surface area contributed by atoms with Crippen LogP contribution in [0.3, 0.4) is 0 Å². The first-order valence-electron chi connectivity index (χ1n) is 14.7. The van der Waals surface area contributed by atoms with Gasteiger partial charge in [-0.1, -0.05) is 92.4 Å². The van der Waals surface area contributed by atoms with Crippen molar-refractivity contribution in [2.75, 3.05) is 67.3 Å². The summed E-state index contributed by atoms with van der Waals surface area (Å²) in [5, 5.41) is 10.0. The molecule has 212 valence electrons. The van der Waals surface area contributed by atoms with Crippen molar-refractivity contribution in [3.05, 3.63) is 0 Å². The molecule has 0 saturated heterocycles. The van der Waals surface area contributed by atoms with E-state index in [1.54, 1.807) is 0 Å². The summed E-state index contributed by atoms with van der Waals surface area (Å²) in [6.07, 6.45) is 12.8. The van der Waals surface area contributed by atoms with Gasteiger partial charge in [-0.3, -0.25) is 0 Å². The lowest BCUT2D eigenvalue weighted by Crippen LogP contribution is -2.37. The molecule has 35 heavy (non-hydrogen) atoms. The second-order valence-corrected chi connectivity index (χ2v) is 12.7. The van der Waals surface area contributed by atoms with Gasteiger partial charge in [0.25, 0.3) is 0 Å². The first-order valence-corrected chi connectivity index (χ1v) is 14.7. The SMILES string of the molecule is CC(C)CCCC(C)CCCC(C)CCCC(C)CCOCC(O)COCCOCC[N+](C)(C)C. The molecule has 5 heteroatoms. The van der Waals surface area contributed by atoms with Crippen molar-refractivity contribution >= 4 is 0 Å². The lowest BCUT2D eigenvalue weighted by Gasteiger charge is -2.23. The van der Waals surface area contributed by atoms with Crippen molar-refractivity contribution in [2.45, 2.75) is 105 Å². The van der Waals surface area contributed by atoms with Crippen LogP contribution in [-0.2, 0) is 14.2 Å². The third-order valence-corrected chi connectivity index (χ3v) is 6.92. The summed E-state index contributed by atoms with van der Waals surface area (Å²) in [4.78, 5) is 0. The van der Waals surface area contributed by atoms with Gasteiger partial charge >= 0.3 is 0 Å². The van der Waals surface area contributed by atoms with Gasteiger partial charge in [-0.2, -0.15) is 0 Å². The van der Waals surface area contributed by atoms with Crippen LogP contribution >= 0.6 is 0 Å². The Kier molecular flexibility index (Phi) is 21.7. The largest absolute Gasteiger partial charge is 0.388 e. The van der Waals surface area contributed by atoms with Gasteiger partial charge in [0, 0.05) is 6.61 Å². The summed E-state index contributed by atoms with van der Waals surface area (Å²) >= 11 is 0. The average Bonchev–Trinajstić information content (AvgIpc) is 2.75. The van der Waals surface area contributed by atoms with Crippen LogP contribution in [0.4, 0.5) is 0 Å². The highest BCUT2D eigenvalue weighted by atomic mass is 16.5. The zero-order chi connectivity index (χ0) is 26.5. The molecule has 0 fully saturated rings. The van der Waals surface area contributed by atoms with Gasteiger partial charge in [0.1, 0.15) is 12.6 Å². The van der Waals surface area contributed by atoms with E-state index in [4.69, 9.17) is 14.2 Å². The third kappa shape index (κ3) is 26.7. The van der Waals surface area contributed by atoms with E-state index in [9.17, 15) is 5.11 Å². The fourth-order valence-electron chi connectivity index (χ4n) is 4.27. The van der Waals surface area contributed by atoms with Gasteiger partial charge in [0.15, 0.2) is 0 Å². The average molecular weight is 503 g/mol. The molecule has 0 aromatic carbocycles. The number of nitrogens with zero attached hydrogens (tertiary/aromatic N) is 1. The lowest BCUT2D eigenvalue weighted by atomic mass is 9.91. The number of ether oxygens (including phenoxy) is 3. The number of hydrogen-bond acceptors (Lipinski definition) is 4. The van der Waals surface area contributed by atoms with Crippen LogP contribution in [0.15, 0.2) is 0 Å². The van der Waals surface area contributed by atoms with Gasteiger partial charge in [-0.05, 0) is 30.1 Å². The number of rotatable bonds is 25. The second-order valence-electron chi connectivity index (χ2n) is 12.7. The topological polar surface area (TPSA) is 47.9 Å². The van der Waals surface area contributed by atoms with Crippen molar-refractivity contribution in [3.63, 3.8) is 0 Å². The summed E-state index contributed by atoms with van der Waals surface area (Å²) < 4.78 is 17.6. The molecule has 0 radical (unpaired) electrons. The van der Waals surface area contributed by atoms with Crippen LogP contribution < -0.4 is 0 Å². The van der Waals surface area contributed by atoms with Crippen LogP contribution in [-0.4, -0.2) is 83.0 Å². The molecule has 0 aliphatic rings. The Bertz CT molecular complexity index is 452. The van der Waals surface area contributed by atoms with Crippen molar-refractivity contribution in [3.8, 4) is 0 Å². The second kappa shape index (κ2) is 21.8. The molecule has 0 amide bonds. The highest BCUT2D eigenvalue weighted by Crippen LogP contribution is 2.22. The number of hydrogen-bond donors (Lipinski definition) is 1. The molecule has 0 saturated carbocycles. The van der Waals surface area contributed by atoms with Crippen LogP contribution in [0.2, 0.25) is 0 Å². The predicted octanol–water partition coefficient (Wildman–Crippen LogP) is 6.57. The van der Waals surface area contributed by atoms with Crippen molar-refractivity contribution in [1.82, 2.24) is 0 Å². The van der Waals surface area contributed by atoms with Crippen LogP contribution in [0.1, 0.15) is 98.8 Å². The molecule has 5 nitrogen and oxygen atoms in total. The van der Waals surface area contributed by atoms with E-state index in [2.05, 4.69) is 55.8 Å². The lowest BCUT2D eigenvalue weighted by molar-refractivity contribution is -0.870. The Morgan fingerprint density at radius 2 is 0.971 bits per heavy atom. The van der Waals surface area contributed by atoms with Gasteiger partial charge in [-0.25, -0.2) is 0 Å². The molecule has 0 aliphatic heterocycles. The summed E-state index contributed by atoms with van der Waals surface area (Å²) in [5.74, 6) is 3.27. The minimum absolute atomic E-state index is 0.308. The zero-order valence-corrected chi connectivity index (χ0v) is 25.0. The summed E-state index contributed by atoms with van der Waals surface area (Å²) in [6.45, 7) is 16.0. The molecule has 0 rings (SSSR count). The molecular weight excluding hydrogens is 438 g/mol. The van der Waals surface area contributed by atoms with Gasteiger partial charge in [0.05, 0.1) is 54.2 Å². The molecule has 0 aromatic rings. The Morgan fingerprint density at radius 3 is 1.46 bits per heavy atom. The highest BCUT2D eigenvalue weighted by molar-refractivity contribution is 4.61. The fourth-order valence-corrected chi connectivity index (χ4v) is 4.27. The molecule has 0 heterocycles. The monoisotopic (exact) mass is 502 g/mol. The maximum absolute atomic E-state index is 10.0. The van der Waals surface area contributed by atoms with E-state index in [1.165, 1.54) is 57.8 Å². The predicted molar refractivity (Wildman–Crippen MR) is 150 cm³/mol. The number of aliphatic hydroxyl groups excluding tert-OH is 1. The van der Waals surface area contributed by atoms with Gasteiger partial charge < -0.3 is 23.8 Å². The van der Waals surface area contributed by atoms with E-state index < -0.39 is 6.10 Å². The van der Waals surface area contributed by atoms with E-state index in [0.717, 1.165) is 48.4 Å². The smallest absolute Gasteiger partial charge is 0.102 e. The Labute approximate surface area is 219 Å². The highest BCUT2D eigenvalue weighted by Gasteiger charge is 2.10. The van der Waals surface area contributed by atoms with Crippen molar-refractivity contribution in [2.24, 2.45) is 23.7 Å². The molecule has 1 N–H and O–H groups in total. The van der Waals surface area contributed by atoms with Crippen molar-refractivity contribution < 1.29 is 23.8 Å². The van der Waals surface area contributed by atoms with Crippen LogP contribution in [0.25, 0.3) is 0 Å². The molecule has 0 aliphatic carbocycles. The minimum Gasteiger partial charge on any atom is -0.388 e. The fraction of sp³-hybridized carbons (Fsp3) is 1.00. The quantitative estimate of drug-likeness (QED) is 0.113. The maximum Gasteiger partial charge on any atom is 0.102 e. The van der Waals surface area contributed by atoms with E-state index >= 15 is 0 Å².